The van der Waals surface area contributed by atoms with Crippen molar-refractivity contribution in [2.45, 2.75) is 25.3 Å². The molecule has 22 heavy (non-hydrogen) atoms. The minimum absolute atomic E-state index is 0.101. The van der Waals surface area contributed by atoms with Crippen LogP contribution in [-0.2, 0) is 11.3 Å². The minimum atomic E-state index is 0.101. The van der Waals surface area contributed by atoms with Crippen molar-refractivity contribution in [2.75, 3.05) is 19.6 Å². The van der Waals surface area contributed by atoms with E-state index in [1.807, 2.05) is 36.4 Å². The predicted octanol–water partition coefficient (Wildman–Crippen LogP) is 1.91. The number of hydrogen-bond acceptors (Lipinski definition) is 3. The number of rotatable bonds is 5. The van der Waals surface area contributed by atoms with Gasteiger partial charge in [0, 0.05) is 24.4 Å². The number of piperidine rings is 1. The molecule has 0 atom stereocenters. The number of hydrogen-bond donors (Lipinski definition) is 2. The second-order valence-corrected chi connectivity index (χ2v) is 5.82. The highest BCUT2D eigenvalue weighted by Gasteiger charge is 2.22. The van der Waals surface area contributed by atoms with E-state index in [0.29, 0.717) is 19.0 Å². The lowest BCUT2D eigenvalue weighted by molar-refractivity contribution is -0.122. The minimum Gasteiger partial charge on any atom is -0.351 e. The standard InChI is InChI=1S/C17H22N4O/c22-17(18-12-14-4-2-1-3-5-14)13-21-10-7-15(8-11-21)16-6-9-19-20-16/h1-6,9,15H,7-8,10-13H2,(H,18,22)(H,19,20). The number of aromatic amines is 1. The van der Waals surface area contributed by atoms with E-state index in [4.69, 9.17) is 0 Å². The largest absolute Gasteiger partial charge is 0.351 e. The first-order valence-corrected chi connectivity index (χ1v) is 7.83. The van der Waals surface area contributed by atoms with Crippen LogP contribution in [-0.4, -0.2) is 40.6 Å². The predicted molar refractivity (Wildman–Crippen MR) is 85.3 cm³/mol. The van der Waals surface area contributed by atoms with E-state index in [9.17, 15) is 4.79 Å². The Morgan fingerprint density at radius 3 is 2.68 bits per heavy atom. The average molecular weight is 298 g/mol. The Morgan fingerprint density at radius 2 is 2.00 bits per heavy atom. The summed E-state index contributed by atoms with van der Waals surface area (Å²) in [5, 5.41) is 10.1. The average Bonchev–Trinajstić information content (AvgIpc) is 3.09. The van der Waals surface area contributed by atoms with Gasteiger partial charge >= 0.3 is 0 Å². The van der Waals surface area contributed by atoms with E-state index in [1.165, 1.54) is 5.69 Å². The Kier molecular flexibility index (Phi) is 4.85. The lowest BCUT2D eigenvalue weighted by atomic mass is 9.94. The quantitative estimate of drug-likeness (QED) is 0.886. The van der Waals surface area contributed by atoms with Gasteiger partial charge in [0.1, 0.15) is 0 Å². The summed E-state index contributed by atoms with van der Waals surface area (Å²) in [5.41, 5.74) is 2.35. The van der Waals surface area contributed by atoms with Gasteiger partial charge in [0.25, 0.3) is 0 Å². The van der Waals surface area contributed by atoms with Crippen LogP contribution in [0.25, 0.3) is 0 Å². The molecule has 1 saturated heterocycles. The lowest BCUT2D eigenvalue weighted by Gasteiger charge is -2.30. The van der Waals surface area contributed by atoms with Gasteiger partial charge in [-0.15, -0.1) is 0 Å². The first-order valence-electron chi connectivity index (χ1n) is 7.83. The van der Waals surface area contributed by atoms with Crippen molar-refractivity contribution in [3.05, 3.63) is 53.9 Å². The zero-order valence-corrected chi connectivity index (χ0v) is 12.7. The molecule has 0 aliphatic carbocycles. The summed E-state index contributed by atoms with van der Waals surface area (Å²) in [5.74, 6) is 0.648. The van der Waals surface area contributed by atoms with Gasteiger partial charge in [-0.3, -0.25) is 14.8 Å². The summed E-state index contributed by atoms with van der Waals surface area (Å²) in [6.07, 6.45) is 3.96. The fraction of sp³-hybridized carbons (Fsp3) is 0.412. The van der Waals surface area contributed by atoms with Gasteiger partial charge in [-0.05, 0) is 37.6 Å². The monoisotopic (exact) mass is 298 g/mol. The molecule has 0 radical (unpaired) electrons. The molecular formula is C17H22N4O. The van der Waals surface area contributed by atoms with Crippen LogP contribution < -0.4 is 5.32 Å². The molecule has 2 aromatic rings. The number of nitrogens with one attached hydrogen (secondary N) is 2. The van der Waals surface area contributed by atoms with Crippen molar-refractivity contribution in [2.24, 2.45) is 0 Å². The molecule has 0 bridgehead atoms. The molecular weight excluding hydrogens is 276 g/mol. The number of amides is 1. The molecule has 1 aromatic heterocycles. The summed E-state index contributed by atoms with van der Waals surface area (Å²) in [7, 11) is 0. The van der Waals surface area contributed by atoms with Crippen LogP contribution in [0.3, 0.4) is 0 Å². The van der Waals surface area contributed by atoms with Crippen molar-refractivity contribution in [1.29, 1.82) is 0 Å². The van der Waals surface area contributed by atoms with Gasteiger partial charge in [-0.1, -0.05) is 30.3 Å². The second kappa shape index (κ2) is 7.22. The summed E-state index contributed by atoms with van der Waals surface area (Å²) in [6, 6.07) is 12.1. The van der Waals surface area contributed by atoms with E-state index in [0.717, 1.165) is 31.5 Å². The molecule has 2 N–H and O–H groups in total. The lowest BCUT2D eigenvalue weighted by Crippen LogP contribution is -2.41. The molecule has 1 aliphatic rings. The number of carbonyl (C=O) groups is 1. The Morgan fingerprint density at radius 1 is 1.23 bits per heavy atom. The van der Waals surface area contributed by atoms with Gasteiger partial charge in [0.2, 0.25) is 5.91 Å². The highest BCUT2D eigenvalue weighted by Crippen LogP contribution is 2.25. The molecule has 3 rings (SSSR count). The smallest absolute Gasteiger partial charge is 0.234 e. The van der Waals surface area contributed by atoms with Crippen molar-refractivity contribution in [3.63, 3.8) is 0 Å². The van der Waals surface area contributed by atoms with Gasteiger partial charge in [0.15, 0.2) is 0 Å². The Bertz CT molecular complexity index is 574. The number of H-pyrrole nitrogens is 1. The topological polar surface area (TPSA) is 61.0 Å². The van der Waals surface area contributed by atoms with E-state index >= 15 is 0 Å². The first kappa shape index (κ1) is 14.8. The number of carbonyl (C=O) groups excluding carboxylic acids is 1. The van der Waals surface area contributed by atoms with Crippen LogP contribution in [0, 0.1) is 0 Å². The van der Waals surface area contributed by atoms with Crippen LogP contribution in [0.4, 0.5) is 0 Å². The zero-order chi connectivity index (χ0) is 15.2. The molecule has 0 unspecified atom stereocenters. The van der Waals surface area contributed by atoms with E-state index in [-0.39, 0.29) is 5.91 Å². The number of aromatic nitrogens is 2. The Hall–Kier alpha value is -2.14. The first-order chi connectivity index (χ1) is 10.8. The Balaban J connectivity index is 1.40. The summed E-state index contributed by atoms with van der Waals surface area (Å²) >= 11 is 0. The number of benzene rings is 1. The van der Waals surface area contributed by atoms with E-state index in [2.05, 4.69) is 20.4 Å². The molecule has 1 fully saturated rings. The van der Waals surface area contributed by atoms with Crippen molar-refractivity contribution >= 4 is 5.91 Å². The van der Waals surface area contributed by atoms with Gasteiger partial charge < -0.3 is 5.32 Å². The summed E-state index contributed by atoms with van der Waals surface area (Å²) < 4.78 is 0. The molecule has 5 nitrogen and oxygen atoms in total. The molecule has 0 spiro atoms. The normalized spacial score (nSPS) is 16.5. The van der Waals surface area contributed by atoms with Crippen LogP contribution in [0.15, 0.2) is 42.6 Å². The molecule has 1 aliphatic heterocycles. The van der Waals surface area contributed by atoms with Crippen molar-refractivity contribution in [3.8, 4) is 0 Å². The SMILES string of the molecule is O=C(CN1CCC(c2ccn[nH]2)CC1)NCc1ccccc1. The third kappa shape index (κ3) is 3.95. The Labute approximate surface area is 130 Å². The van der Waals surface area contributed by atoms with E-state index in [1.54, 1.807) is 6.20 Å². The molecule has 5 heteroatoms. The molecule has 0 saturated carbocycles. The third-order valence-corrected chi connectivity index (χ3v) is 4.25. The summed E-state index contributed by atoms with van der Waals surface area (Å²) in [4.78, 5) is 14.3. The second-order valence-electron chi connectivity index (χ2n) is 5.82. The van der Waals surface area contributed by atoms with Crippen LogP contribution in [0.1, 0.15) is 30.0 Å². The third-order valence-electron chi connectivity index (χ3n) is 4.25. The molecule has 1 aromatic carbocycles. The van der Waals surface area contributed by atoms with Crippen LogP contribution >= 0.6 is 0 Å². The molecule has 2 heterocycles. The fourth-order valence-electron chi connectivity index (χ4n) is 2.95. The maximum absolute atomic E-state index is 12.0. The van der Waals surface area contributed by atoms with E-state index < -0.39 is 0 Å². The van der Waals surface area contributed by atoms with Crippen molar-refractivity contribution in [1.82, 2.24) is 20.4 Å². The highest BCUT2D eigenvalue weighted by atomic mass is 16.2. The molecule has 116 valence electrons. The van der Waals surface area contributed by atoms with Crippen LogP contribution in [0.5, 0.6) is 0 Å². The van der Waals surface area contributed by atoms with Gasteiger partial charge in [0.05, 0.1) is 6.54 Å². The molecule has 1 amide bonds. The van der Waals surface area contributed by atoms with Crippen molar-refractivity contribution < 1.29 is 4.79 Å². The highest BCUT2D eigenvalue weighted by molar-refractivity contribution is 5.78. The fourth-order valence-corrected chi connectivity index (χ4v) is 2.95. The maximum atomic E-state index is 12.0. The van der Waals surface area contributed by atoms with Gasteiger partial charge in [-0.2, -0.15) is 5.10 Å². The van der Waals surface area contributed by atoms with Gasteiger partial charge in [-0.25, -0.2) is 0 Å². The number of likely N-dealkylation sites (tertiary alicyclic amines) is 1. The number of nitrogens with zero attached hydrogens (tertiary/aromatic N) is 2. The zero-order valence-electron chi connectivity index (χ0n) is 12.7. The maximum Gasteiger partial charge on any atom is 0.234 e. The summed E-state index contributed by atoms with van der Waals surface area (Å²) in [6.45, 7) is 3.01. The van der Waals surface area contributed by atoms with Crippen LogP contribution in [0.2, 0.25) is 0 Å².